The van der Waals surface area contributed by atoms with Crippen LogP contribution in [-0.4, -0.2) is 9.55 Å². The third-order valence-electron chi connectivity index (χ3n) is 2.66. The second-order valence-electron chi connectivity index (χ2n) is 3.47. The lowest BCUT2D eigenvalue weighted by Gasteiger charge is -2.23. The van der Waals surface area contributed by atoms with Crippen LogP contribution in [0.2, 0.25) is 0 Å². The van der Waals surface area contributed by atoms with Crippen LogP contribution >= 0.6 is 0 Å². The molecule has 13 heavy (non-hydrogen) atoms. The lowest BCUT2D eigenvalue weighted by molar-refractivity contribution is 0.413. The number of imidazole rings is 1. The monoisotopic (exact) mass is 175 g/mol. The van der Waals surface area contributed by atoms with Gasteiger partial charge in [-0.15, -0.1) is 6.42 Å². The van der Waals surface area contributed by atoms with Gasteiger partial charge in [-0.2, -0.15) is 0 Å². The molecule has 1 saturated carbocycles. The number of nitrogens with zero attached hydrogens (tertiary/aromatic N) is 2. The third-order valence-corrected chi connectivity index (χ3v) is 2.66. The predicted molar refractivity (Wildman–Crippen MR) is 52.1 cm³/mol. The summed E-state index contributed by atoms with van der Waals surface area (Å²) in [5.41, 5.74) is 6.95. The van der Waals surface area contributed by atoms with E-state index >= 15 is 0 Å². The van der Waals surface area contributed by atoms with Crippen molar-refractivity contribution in [3.05, 3.63) is 12.0 Å². The van der Waals surface area contributed by atoms with Crippen LogP contribution < -0.4 is 5.73 Å². The molecular weight excluding hydrogens is 162 g/mol. The van der Waals surface area contributed by atoms with Crippen molar-refractivity contribution in [3.63, 3.8) is 0 Å². The van der Waals surface area contributed by atoms with Crippen molar-refractivity contribution in [1.82, 2.24) is 9.55 Å². The summed E-state index contributed by atoms with van der Waals surface area (Å²) < 4.78 is 1.83. The van der Waals surface area contributed by atoms with E-state index in [2.05, 4.69) is 10.9 Å². The maximum absolute atomic E-state index is 5.90. The summed E-state index contributed by atoms with van der Waals surface area (Å²) in [6, 6.07) is 0. The molecule has 1 aliphatic carbocycles. The first kappa shape index (κ1) is 8.18. The Morgan fingerprint density at radius 1 is 1.69 bits per heavy atom. The Hall–Kier alpha value is -1.43. The summed E-state index contributed by atoms with van der Waals surface area (Å²) in [5.74, 6) is 3.89. The Morgan fingerprint density at radius 3 is 3.00 bits per heavy atom. The molecule has 0 amide bonds. The van der Waals surface area contributed by atoms with Gasteiger partial charge in [-0.05, 0) is 12.8 Å². The lowest BCUT2D eigenvalue weighted by atomic mass is 9.83. The molecule has 0 bridgehead atoms. The molecule has 0 unspecified atom stereocenters. The van der Waals surface area contributed by atoms with Crippen LogP contribution in [0.5, 0.6) is 0 Å². The second kappa shape index (κ2) is 3.14. The van der Waals surface area contributed by atoms with E-state index in [1.54, 1.807) is 6.33 Å². The van der Waals surface area contributed by atoms with E-state index in [0.29, 0.717) is 12.5 Å². The molecule has 1 fully saturated rings. The molecule has 2 rings (SSSR count). The van der Waals surface area contributed by atoms with Crippen molar-refractivity contribution >= 4 is 5.82 Å². The summed E-state index contributed by atoms with van der Waals surface area (Å²) in [5, 5.41) is 0. The number of hydrogen-bond donors (Lipinski definition) is 1. The zero-order chi connectivity index (χ0) is 9.26. The van der Waals surface area contributed by atoms with E-state index in [1.807, 2.05) is 4.57 Å². The van der Waals surface area contributed by atoms with Gasteiger partial charge in [0.05, 0.1) is 18.6 Å². The van der Waals surface area contributed by atoms with Crippen molar-refractivity contribution in [2.45, 2.75) is 31.7 Å². The third kappa shape index (κ3) is 1.29. The zero-order valence-corrected chi connectivity index (χ0v) is 7.53. The summed E-state index contributed by atoms with van der Waals surface area (Å²) in [6.45, 7) is 0.519. The number of aromatic nitrogens is 2. The summed E-state index contributed by atoms with van der Waals surface area (Å²) in [7, 11) is 0. The van der Waals surface area contributed by atoms with Crippen molar-refractivity contribution in [1.29, 1.82) is 0 Å². The van der Waals surface area contributed by atoms with Gasteiger partial charge in [0, 0.05) is 5.92 Å². The number of terminal acetylenes is 1. The summed E-state index contributed by atoms with van der Waals surface area (Å²) in [6.07, 6.45) is 10.7. The Kier molecular flexibility index (Phi) is 1.97. The maximum atomic E-state index is 5.90. The topological polar surface area (TPSA) is 43.8 Å². The fourth-order valence-electron chi connectivity index (χ4n) is 1.63. The SMILES string of the molecule is C#CCn1cnc(C2CCC2)c1N. The second-order valence-corrected chi connectivity index (χ2v) is 3.47. The Morgan fingerprint density at radius 2 is 2.46 bits per heavy atom. The number of nitrogens with two attached hydrogens (primary N) is 1. The Bertz CT molecular complexity index is 342. The summed E-state index contributed by atoms with van der Waals surface area (Å²) >= 11 is 0. The molecule has 0 aromatic carbocycles. The summed E-state index contributed by atoms with van der Waals surface area (Å²) in [4.78, 5) is 4.30. The molecule has 68 valence electrons. The van der Waals surface area contributed by atoms with E-state index in [9.17, 15) is 0 Å². The van der Waals surface area contributed by atoms with Gasteiger partial charge in [0.15, 0.2) is 0 Å². The molecule has 1 heterocycles. The largest absolute Gasteiger partial charge is 0.384 e. The van der Waals surface area contributed by atoms with Gasteiger partial charge < -0.3 is 10.3 Å². The molecule has 1 aliphatic rings. The van der Waals surface area contributed by atoms with Gasteiger partial charge in [-0.1, -0.05) is 12.3 Å². The number of hydrogen-bond acceptors (Lipinski definition) is 2. The van der Waals surface area contributed by atoms with Gasteiger partial charge in [0.25, 0.3) is 0 Å². The van der Waals surface area contributed by atoms with Crippen LogP contribution in [-0.2, 0) is 6.54 Å². The van der Waals surface area contributed by atoms with Crippen LogP contribution in [0.1, 0.15) is 30.9 Å². The van der Waals surface area contributed by atoms with E-state index in [1.165, 1.54) is 19.3 Å². The van der Waals surface area contributed by atoms with Crippen LogP contribution in [0.3, 0.4) is 0 Å². The molecule has 0 spiro atoms. The quantitative estimate of drug-likeness (QED) is 0.690. The number of anilines is 1. The van der Waals surface area contributed by atoms with Crippen LogP contribution in [0.4, 0.5) is 5.82 Å². The first-order valence-electron chi connectivity index (χ1n) is 4.57. The van der Waals surface area contributed by atoms with E-state index in [4.69, 9.17) is 12.2 Å². The highest BCUT2D eigenvalue weighted by atomic mass is 15.1. The highest BCUT2D eigenvalue weighted by molar-refractivity contribution is 5.39. The number of rotatable bonds is 2. The van der Waals surface area contributed by atoms with Gasteiger partial charge in [0.2, 0.25) is 0 Å². The molecule has 0 aliphatic heterocycles. The van der Waals surface area contributed by atoms with Crippen molar-refractivity contribution in [3.8, 4) is 12.3 Å². The van der Waals surface area contributed by atoms with Crippen molar-refractivity contribution in [2.24, 2.45) is 0 Å². The van der Waals surface area contributed by atoms with Gasteiger partial charge >= 0.3 is 0 Å². The Balaban J connectivity index is 2.22. The zero-order valence-electron chi connectivity index (χ0n) is 7.53. The molecule has 0 radical (unpaired) electrons. The smallest absolute Gasteiger partial charge is 0.127 e. The van der Waals surface area contributed by atoms with Crippen LogP contribution in [0.15, 0.2) is 6.33 Å². The first-order valence-corrected chi connectivity index (χ1v) is 4.57. The fraction of sp³-hybridized carbons (Fsp3) is 0.500. The standard InChI is InChI=1S/C10H13N3/c1-2-6-13-7-12-9(10(13)11)8-4-3-5-8/h1,7-8H,3-6,11H2. The number of nitrogen functional groups attached to an aromatic ring is 1. The van der Waals surface area contributed by atoms with Gasteiger partial charge in [0.1, 0.15) is 5.82 Å². The highest BCUT2D eigenvalue weighted by Gasteiger charge is 2.24. The van der Waals surface area contributed by atoms with Crippen LogP contribution in [0.25, 0.3) is 0 Å². The first-order chi connectivity index (χ1) is 6.33. The minimum atomic E-state index is 0.519. The lowest BCUT2D eigenvalue weighted by Crippen LogP contribution is -2.12. The van der Waals surface area contributed by atoms with E-state index < -0.39 is 0 Å². The molecule has 1 aromatic heterocycles. The molecule has 0 atom stereocenters. The molecule has 2 N–H and O–H groups in total. The van der Waals surface area contributed by atoms with Gasteiger partial charge in [-0.25, -0.2) is 4.98 Å². The normalized spacial score (nSPS) is 16.5. The maximum Gasteiger partial charge on any atom is 0.127 e. The highest BCUT2D eigenvalue weighted by Crippen LogP contribution is 2.37. The average Bonchev–Trinajstić information content (AvgIpc) is 2.34. The van der Waals surface area contributed by atoms with Crippen LogP contribution in [0, 0.1) is 12.3 Å². The molecule has 3 nitrogen and oxygen atoms in total. The molecular formula is C10H13N3. The van der Waals surface area contributed by atoms with E-state index in [0.717, 1.165) is 11.5 Å². The Labute approximate surface area is 78.0 Å². The molecule has 3 heteroatoms. The predicted octanol–water partition coefficient (Wildman–Crippen LogP) is 1.37. The minimum Gasteiger partial charge on any atom is -0.384 e. The fourth-order valence-corrected chi connectivity index (χ4v) is 1.63. The average molecular weight is 175 g/mol. The van der Waals surface area contributed by atoms with Gasteiger partial charge in [-0.3, -0.25) is 0 Å². The van der Waals surface area contributed by atoms with E-state index in [-0.39, 0.29) is 0 Å². The minimum absolute atomic E-state index is 0.519. The van der Waals surface area contributed by atoms with Crippen molar-refractivity contribution < 1.29 is 0 Å². The molecule has 1 aromatic rings. The molecule has 0 saturated heterocycles. The van der Waals surface area contributed by atoms with Crippen molar-refractivity contribution in [2.75, 3.05) is 5.73 Å².